The molecule has 1 fully saturated rings. The molecule has 0 amide bonds. The van der Waals surface area contributed by atoms with Crippen molar-refractivity contribution in [2.45, 2.75) is 70.9 Å². The molecule has 0 bridgehead atoms. The number of likely N-dealkylation sites (tertiary alicyclic amines) is 1. The molecule has 2 N–H and O–H groups in total. The summed E-state index contributed by atoms with van der Waals surface area (Å²) in [5.41, 5.74) is -0.809. The molecule has 19 heavy (non-hydrogen) atoms. The van der Waals surface area contributed by atoms with Crippen LogP contribution in [0.2, 0.25) is 0 Å². The van der Waals surface area contributed by atoms with E-state index in [-0.39, 0.29) is 0 Å². The van der Waals surface area contributed by atoms with E-state index in [1.165, 1.54) is 32.1 Å². The van der Waals surface area contributed by atoms with Crippen LogP contribution >= 0.6 is 0 Å². The average molecular weight is 270 g/mol. The van der Waals surface area contributed by atoms with E-state index in [1.807, 2.05) is 6.92 Å². The van der Waals surface area contributed by atoms with Crippen LogP contribution in [0, 0.1) is 0 Å². The van der Waals surface area contributed by atoms with Crippen LogP contribution in [0.4, 0.5) is 0 Å². The monoisotopic (exact) mass is 270 g/mol. The molecule has 1 aliphatic rings. The second-order valence-electron chi connectivity index (χ2n) is 6.02. The highest BCUT2D eigenvalue weighted by atomic mass is 16.4. The molecule has 4 heteroatoms. The number of hydrogen-bond donors (Lipinski definition) is 2. The lowest BCUT2D eigenvalue weighted by Crippen LogP contribution is -2.53. The third kappa shape index (κ3) is 5.11. The van der Waals surface area contributed by atoms with E-state index in [0.29, 0.717) is 19.0 Å². The minimum absolute atomic E-state index is 0.318. The van der Waals surface area contributed by atoms with Crippen molar-refractivity contribution >= 4 is 5.97 Å². The van der Waals surface area contributed by atoms with E-state index in [9.17, 15) is 9.90 Å². The first-order chi connectivity index (χ1) is 8.99. The van der Waals surface area contributed by atoms with Crippen molar-refractivity contribution < 1.29 is 9.90 Å². The summed E-state index contributed by atoms with van der Waals surface area (Å²) in [6.07, 6.45) is 7.13. The van der Waals surface area contributed by atoms with Gasteiger partial charge in [-0.15, -0.1) is 0 Å². The normalized spacial score (nSPS) is 23.1. The van der Waals surface area contributed by atoms with Gasteiger partial charge in [0.25, 0.3) is 0 Å². The Bertz CT molecular complexity index is 275. The maximum atomic E-state index is 11.5. The zero-order chi connectivity index (χ0) is 14.3. The van der Waals surface area contributed by atoms with Gasteiger partial charge in [-0.3, -0.25) is 4.79 Å². The van der Waals surface area contributed by atoms with Gasteiger partial charge >= 0.3 is 5.97 Å². The molecule has 1 rings (SSSR count). The third-order valence-electron chi connectivity index (χ3n) is 4.26. The van der Waals surface area contributed by atoms with Crippen molar-refractivity contribution in [1.82, 2.24) is 10.2 Å². The minimum atomic E-state index is -0.809. The third-order valence-corrected chi connectivity index (χ3v) is 4.26. The van der Waals surface area contributed by atoms with E-state index in [1.54, 1.807) is 6.92 Å². The number of likely N-dealkylation sites (N-methyl/N-ethyl adjacent to an activating group) is 1. The lowest BCUT2D eigenvalue weighted by atomic mass is 9.92. The van der Waals surface area contributed by atoms with Crippen LogP contribution in [-0.4, -0.2) is 47.2 Å². The first-order valence-electron chi connectivity index (χ1n) is 7.72. The molecule has 1 aliphatic heterocycles. The van der Waals surface area contributed by atoms with Crippen LogP contribution < -0.4 is 5.32 Å². The molecule has 4 nitrogen and oxygen atoms in total. The van der Waals surface area contributed by atoms with Crippen molar-refractivity contribution in [3.8, 4) is 0 Å². The largest absolute Gasteiger partial charge is 0.480 e. The van der Waals surface area contributed by atoms with Crippen LogP contribution in [0.1, 0.15) is 59.3 Å². The molecular formula is C15H30N2O2. The smallest absolute Gasteiger partial charge is 0.323 e. The number of hydrogen-bond acceptors (Lipinski definition) is 3. The minimum Gasteiger partial charge on any atom is -0.480 e. The zero-order valence-electron chi connectivity index (χ0n) is 12.7. The number of nitrogens with one attached hydrogen (secondary N) is 1. The second-order valence-corrected chi connectivity index (χ2v) is 6.02. The Kier molecular flexibility index (Phi) is 6.80. The molecule has 1 saturated heterocycles. The van der Waals surface area contributed by atoms with Crippen molar-refractivity contribution in [3.05, 3.63) is 0 Å². The number of carboxylic acid groups (broad SMARTS) is 1. The molecule has 0 saturated carbocycles. The number of carboxylic acids is 1. The Labute approximate surface area is 117 Å². The summed E-state index contributed by atoms with van der Waals surface area (Å²) in [4.78, 5) is 13.9. The first-order valence-corrected chi connectivity index (χ1v) is 7.72. The molecule has 2 atom stereocenters. The molecule has 0 aromatic carbocycles. The van der Waals surface area contributed by atoms with Crippen molar-refractivity contribution in [1.29, 1.82) is 0 Å². The van der Waals surface area contributed by atoms with Gasteiger partial charge in [0.1, 0.15) is 5.54 Å². The lowest BCUT2D eigenvalue weighted by Gasteiger charge is -2.36. The second kappa shape index (κ2) is 7.85. The van der Waals surface area contributed by atoms with E-state index in [2.05, 4.69) is 17.1 Å². The number of rotatable bonds is 6. The average Bonchev–Trinajstić information content (AvgIpc) is 2.27. The SMILES string of the molecule is CCNC(C)(CC(C)N1CCCCCCC1)C(=O)O. The van der Waals surface area contributed by atoms with E-state index < -0.39 is 11.5 Å². The van der Waals surface area contributed by atoms with Crippen molar-refractivity contribution in [2.24, 2.45) is 0 Å². The lowest BCUT2D eigenvalue weighted by molar-refractivity contribution is -0.145. The predicted octanol–water partition coefficient (Wildman–Crippen LogP) is 2.48. The topological polar surface area (TPSA) is 52.6 Å². The Hall–Kier alpha value is -0.610. The highest BCUT2D eigenvalue weighted by Crippen LogP contribution is 2.20. The predicted molar refractivity (Wildman–Crippen MR) is 78.5 cm³/mol. The zero-order valence-corrected chi connectivity index (χ0v) is 12.7. The summed E-state index contributed by atoms with van der Waals surface area (Å²) in [5.74, 6) is -0.742. The van der Waals surface area contributed by atoms with Crippen LogP contribution in [-0.2, 0) is 4.79 Å². The molecule has 1 heterocycles. The summed E-state index contributed by atoms with van der Waals surface area (Å²) in [7, 11) is 0. The van der Waals surface area contributed by atoms with Gasteiger partial charge in [-0.1, -0.05) is 26.2 Å². The molecule has 0 radical (unpaired) electrons. The maximum Gasteiger partial charge on any atom is 0.323 e. The van der Waals surface area contributed by atoms with Gasteiger partial charge in [-0.25, -0.2) is 0 Å². The van der Waals surface area contributed by atoms with Gasteiger partial charge in [0.05, 0.1) is 0 Å². The number of carbonyl (C=O) groups is 1. The van der Waals surface area contributed by atoms with Gasteiger partial charge < -0.3 is 15.3 Å². The molecule has 0 aromatic rings. The van der Waals surface area contributed by atoms with Crippen molar-refractivity contribution in [3.63, 3.8) is 0 Å². The quantitative estimate of drug-likeness (QED) is 0.778. The van der Waals surface area contributed by atoms with Crippen molar-refractivity contribution in [2.75, 3.05) is 19.6 Å². The summed E-state index contributed by atoms with van der Waals surface area (Å²) in [5, 5.41) is 12.6. The Balaban J connectivity index is 2.58. The van der Waals surface area contributed by atoms with Crippen LogP contribution in [0.5, 0.6) is 0 Å². The van der Waals surface area contributed by atoms with Gasteiger partial charge in [0.2, 0.25) is 0 Å². The highest BCUT2D eigenvalue weighted by molar-refractivity contribution is 5.78. The van der Waals surface area contributed by atoms with E-state index in [0.717, 1.165) is 13.1 Å². The van der Waals surface area contributed by atoms with Gasteiger partial charge in [0.15, 0.2) is 0 Å². The first kappa shape index (κ1) is 16.4. The van der Waals surface area contributed by atoms with Gasteiger partial charge in [-0.2, -0.15) is 0 Å². The van der Waals surface area contributed by atoms with Crippen LogP contribution in [0.25, 0.3) is 0 Å². The molecule has 112 valence electrons. The standard InChI is InChI=1S/C15H30N2O2/c1-4-16-15(3,14(18)19)12-13(2)17-10-8-6-5-7-9-11-17/h13,16H,4-12H2,1-3H3,(H,18,19). The fourth-order valence-electron chi connectivity index (χ4n) is 3.06. The Morgan fingerprint density at radius 2 is 1.79 bits per heavy atom. The van der Waals surface area contributed by atoms with Crippen LogP contribution in [0.3, 0.4) is 0 Å². The fraction of sp³-hybridized carbons (Fsp3) is 0.933. The van der Waals surface area contributed by atoms with Gasteiger partial charge in [0, 0.05) is 6.04 Å². The van der Waals surface area contributed by atoms with E-state index >= 15 is 0 Å². The Morgan fingerprint density at radius 1 is 1.26 bits per heavy atom. The maximum absolute atomic E-state index is 11.5. The summed E-state index contributed by atoms with van der Waals surface area (Å²) in [6, 6.07) is 0.318. The Morgan fingerprint density at radius 3 is 2.26 bits per heavy atom. The molecule has 0 spiro atoms. The fourth-order valence-corrected chi connectivity index (χ4v) is 3.06. The molecule has 2 unspecified atom stereocenters. The summed E-state index contributed by atoms with van der Waals surface area (Å²) < 4.78 is 0. The molecular weight excluding hydrogens is 240 g/mol. The number of aliphatic carboxylic acids is 1. The molecule has 0 aliphatic carbocycles. The summed E-state index contributed by atoms with van der Waals surface area (Å²) >= 11 is 0. The number of nitrogens with zero attached hydrogens (tertiary/aromatic N) is 1. The highest BCUT2D eigenvalue weighted by Gasteiger charge is 2.35. The summed E-state index contributed by atoms with van der Waals surface area (Å²) in [6.45, 7) is 8.85. The van der Waals surface area contributed by atoms with Crippen LogP contribution in [0.15, 0.2) is 0 Å². The van der Waals surface area contributed by atoms with E-state index in [4.69, 9.17) is 0 Å². The van der Waals surface area contributed by atoms with Gasteiger partial charge in [-0.05, 0) is 52.7 Å². The molecule has 0 aromatic heterocycles.